The second kappa shape index (κ2) is 6.53. The Balaban J connectivity index is 1.79. The Bertz CT molecular complexity index is 996. The van der Waals surface area contributed by atoms with E-state index in [4.69, 9.17) is 28.9 Å². The van der Waals surface area contributed by atoms with Crippen LogP contribution in [-0.2, 0) is 21.7 Å². The third-order valence-electron chi connectivity index (χ3n) is 4.55. The van der Waals surface area contributed by atoms with E-state index in [2.05, 4.69) is 4.99 Å². The molecule has 0 saturated heterocycles. The Morgan fingerprint density at radius 2 is 1.81 bits per heavy atom. The molecule has 2 amide bonds. The van der Waals surface area contributed by atoms with Gasteiger partial charge in [-0.1, -0.05) is 47.1 Å². The summed E-state index contributed by atoms with van der Waals surface area (Å²) in [5.74, 6) is -1.27. The zero-order valence-electron chi connectivity index (χ0n) is 13.7. The molecule has 0 spiro atoms. The van der Waals surface area contributed by atoms with Crippen molar-refractivity contribution in [2.75, 3.05) is 4.90 Å². The van der Waals surface area contributed by atoms with Crippen molar-refractivity contribution in [1.82, 2.24) is 0 Å². The monoisotopic (exact) mass is 421 g/mol. The van der Waals surface area contributed by atoms with Crippen molar-refractivity contribution in [3.63, 3.8) is 0 Å². The maximum Gasteiger partial charge on any atom is 0.265 e. The van der Waals surface area contributed by atoms with Crippen molar-refractivity contribution >= 4 is 57.6 Å². The number of anilines is 1. The summed E-state index contributed by atoms with van der Waals surface area (Å²) in [6, 6.07) is 11.8. The molecule has 0 aliphatic carbocycles. The lowest BCUT2D eigenvalue weighted by Crippen LogP contribution is -2.49. The van der Waals surface area contributed by atoms with Crippen LogP contribution in [0.25, 0.3) is 0 Å². The molecular formula is C18H13Cl2N3O3S. The van der Waals surface area contributed by atoms with Crippen LogP contribution in [0.1, 0.15) is 11.1 Å². The number of amidine groups is 1. The van der Waals surface area contributed by atoms with Crippen molar-refractivity contribution in [1.29, 1.82) is 0 Å². The summed E-state index contributed by atoms with van der Waals surface area (Å²) in [6.07, 6.45) is 0. The van der Waals surface area contributed by atoms with Gasteiger partial charge in [0.05, 0.1) is 12.2 Å². The van der Waals surface area contributed by atoms with Crippen LogP contribution in [0.5, 0.6) is 0 Å². The molecule has 4 rings (SSSR count). The Labute approximate surface area is 169 Å². The van der Waals surface area contributed by atoms with Gasteiger partial charge in [-0.15, -0.1) is 0 Å². The molecule has 0 bridgehead atoms. The number of nitrogens with two attached hydrogens (primary N) is 1. The van der Waals surface area contributed by atoms with E-state index < -0.39 is 22.7 Å². The third kappa shape index (κ3) is 2.91. The third-order valence-corrected chi connectivity index (χ3v) is 6.15. The summed E-state index contributed by atoms with van der Waals surface area (Å²) in [5.41, 5.74) is 5.10. The average molecular weight is 422 g/mol. The predicted octanol–water partition coefficient (Wildman–Crippen LogP) is 2.68. The van der Waals surface area contributed by atoms with E-state index >= 15 is 0 Å². The van der Waals surface area contributed by atoms with E-state index in [1.54, 1.807) is 36.4 Å². The van der Waals surface area contributed by atoms with E-state index in [0.717, 1.165) is 17.3 Å². The molecule has 0 saturated carbocycles. The number of aliphatic imine (C=N–C) groups is 1. The number of hydrogen-bond acceptors (Lipinski definition) is 5. The van der Waals surface area contributed by atoms with Crippen molar-refractivity contribution in [3.05, 3.63) is 63.6 Å². The highest BCUT2D eigenvalue weighted by atomic mass is 35.5. The number of benzene rings is 2. The van der Waals surface area contributed by atoms with Crippen molar-refractivity contribution in [2.24, 2.45) is 10.7 Å². The van der Waals surface area contributed by atoms with E-state index in [1.165, 1.54) is 11.0 Å². The Hall–Kier alpha value is -2.06. The highest BCUT2D eigenvalue weighted by Gasteiger charge is 2.59. The van der Waals surface area contributed by atoms with Gasteiger partial charge in [0.25, 0.3) is 11.8 Å². The molecule has 0 radical (unpaired) electrons. The zero-order chi connectivity index (χ0) is 19.3. The van der Waals surface area contributed by atoms with E-state index in [1.807, 2.05) is 0 Å². The summed E-state index contributed by atoms with van der Waals surface area (Å²) < 4.78 is 0. The molecule has 2 aromatic rings. The highest BCUT2D eigenvalue weighted by Crippen LogP contribution is 2.48. The first-order valence-electron chi connectivity index (χ1n) is 7.94. The van der Waals surface area contributed by atoms with Gasteiger partial charge in [0.1, 0.15) is 5.25 Å². The number of aliphatic hydroxyl groups is 1. The first-order chi connectivity index (χ1) is 12.8. The first kappa shape index (κ1) is 18.3. The number of hydrogen-bond donors (Lipinski definition) is 2. The number of fused-ring (bicyclic) bond motifs is 1. The summed E-state index contributed by atoms with van der Waals surface area (Å²) in [5, 5.41) is 11.2. The quantitative estimate of drug-likeness (QED) is 0.793. The smallest absolute Gasteiger partial charge is 0.265 e. The van der Waals surface area contributed by atoms with Crippen molar-refractivity contribution < 1.29 is 14.7 Å². The second-order valence-electron chi connectivity index (χ2n) is 6.23. The number of halogens is 2. The number of nitrogens with zero attached hydrogens (tertiary/aromatic N) is 2. The molecule has 2 unspecified atom stereocenters. The van der Waals surface area contributed by atoms with Crippen molar-refractivity contribution in [3.8, 4) is 0 Å². The maximum atomic E-state index is 13.3. The summed E-state index contributed by atoms with van der Waals surface area (Å²) in [7, 11) is 0. The molecule has 9 heteroatoms. The van der Waals surface area contributed by atoms with Gasteiger partial charge in [-0.3, -0.25) is 9.59 Å². The van der Waals surface area contributed by atoms with Gasteiger partial charge in [-0.25, -0.2) is 0 Å². The summed E-state index contributed by atoms with van der Waals surface area (Å²) in [4.78, 5) is 30.6. The lowest BCUT2D eigenvalue weighted by Gasteiger charge is -2.26. The van der Waals surface area contributed by atoms with E-state index in [0.29, 0.717) is 15.7 Å². The van der Waals surface area contributed by atoms with Crippen LogP contribution < -0.4 is 10.6 Å². The normalized spacial score (nSPS) is 24.3. The molecule has 2 aliphatic heterocycles. The van der Waals surface area contributed by atoms with Crippen molar-refractivity contribution in [2.45, 2.75) is 17.4 Å². The molecule has 0 fully saturated rings. The topological polar surface area (TPSA) is 96.0 Å². The molecule has 6 nitrogen and oxygen atoms in total. The fourth-order valence-corrected chi connectivity index (χ4v) is 4.52. The van der Waals surface area contributed by atoms with Gasteiger partial charge >= 0.3 is 0 Å². The fourth-order valence-electron chi connectivity index (χ4n) is 3.29. The summed E-state index contributed by atoms with van der Waals surface area (Å²) in [6.45, 7) is 0.203. The largest absolute Gasteiger partial charge is 0.378 e. The van der Waals surface area contributed by atoms with Gasteiger partial charge in [0, 0.05) is 15.6 Å². The van der Waals surface area contributed by atoms with Gasteiger partial charge in [-0.05, 0) is 35.9 Å². The number of amides is 2. The highest BCUT2D eigenvalue weighted by molar-refractivity contribution is 8.15. The minimum atomic E-state index is -2.10. The molecule has 138 valence electrons. The molecule has 2 aliphatic rings. The lowest BCUT2D eigenvalue weighted by molar-refractivity contribution is -0.140. The minimum absolute atomic E-state index is 0.0194. The van der Waals surface area contributed by atoms with Crippen LogP contribution >= 0.6 is 35.0 Å². The van der Waals surface area contributed by atoms with Crippen LogP contribution in [0.3, 0.4) is 0 Å². The fraction of sp³-hybridized carbons (Fsp3) is 0.167. The molecule has 2 heterocycles. The number of carbonyl (C=O) groups is 2. The molecule has 3 N–H and O–H groups in total. The van der Waals surface area contributed by atoms with Crippen LogP contribution in [0, 0.1) is 0 Å². The van der Waals surface area contributed by atoms with E-state index in [-0.39, 0.29) is 17.3 Å². The Morgan fingerprint density at radius 1 is 1.15 bits per heavy atom. The standard InChI is InChI=1S/C18H13Cl2N3O3S/c19-10-3-1-9(2-4-10)8-23-13-6-5-11(20)7-12(13)18(26,16(23)25)14-15(24)22-17(21)27-14/h1-7,14,26H,8H2,(H2,21,22,24). The first-order valence-corrected chi connectivity index (χ1v) is 9.57. The molecule has 2 atom stereocenters. The molecular weight excluding hydrogens is 409 g/mol. The predicted molar refractivity (Wildman–Crippen MR) is 106 cm³/mol. The Morgan fingerprint density at radius 3 is 2.44 bits per heavy atom. The van der Waals surface area contributed by atoms with Crippen LogP contribution in [0.4, 0.5) is 5.69 Å². The zero-order valence-corrected chi connectivity index (χ0v) is 16.1. The van der Waals surface area contributed by atoms with Crippen LogP contribution in [0.2, 0.25) is 10.0 Å². The van der Waals surface area contributed by atoms with Gasteiger partial charge in [-0.2, -0.15) is 4.99 Å². The number of thioether (sulfide) groups is 1. The van der Waals surface area contributed by atoms with Gasteiger partial charge < -0.3 is 15.7 Å². The average Bonchev–Trinajstić information content (AvgIpc) is 3.07. The number of carbonyl (C=O) groups excluding carboxylic acids is 2. The van der Waals surface area contributed by atoms with Gasteiger partial charge in [0.15, 0.2) is 10.8 Å². The SMILES string of the molecule is NC1=NC(=O)C(C2(O)C(=O)N(Cc3ccc(Cl)cc3)c3ccc(Cl)cc32)S1. The number of rotatable bonds is 3. The van der Waals surface area contributed by atoms with E-state index in [9.17, 15) is 14.7 Å². The van der Waals surface area contributed by atoms with Crippen LogP contribution in [-0.4, -0.2) is 27.3 Å². The second-order valence-corrected chi connectivity index (χ2v) is 8.23. The van der Waals surface area contributed by atoms with Crippen LogP contribution in [0.15, 0.2) is 47.5 Å². The maximum absolute atomic E-state index is 13.3. The molecule has 27 heavy (non-hydrogen) atoms. The summed E-state index contributed by atoms with van der Waals surface area (Å²) >= 11 is 12.9. The molecule has 2 aromatic carbocycles. The Kier molecular flexibility index (Phi) is 4.43. The molecule has 0 aromatic heterocycles. The van der Waals surface area contributed by atoms with Gasteiger partial charge in [0.2, 0.25) is 0 Å². The minimum Gasteiger partial charge on any atom is -0.378 e. The lowest BCUT2D eigenvalue weighted by atomic mass is 9.91.